The van der Waals surface area contributed by atoms with Crippen LogP contribution in [-0.2, 0) is 27.2 Å². The zero-order valence-corrected chi connectivity index (χ0v) is 29.4. The molecule has 0 spiro atoms. The van der Waals surface area contributed by atoms with Gasteiger partial charge in [0.05, 0.1) is 23.9 Å². The summed E-state index contributed by atoms with van der Waals surface area (Å²) in [5, 5.41) is 12.2. The van der Waals surface area contributed by atoms with Gasteiger partial charge < -0.3 is 34.8 Å². The predicted octanol–water partition coefficient (Wildman–Crippen LogP) is 4.51. The lowest BCUT2D eigenvalue weighted by Crippen LogP contribution is -2.52. The number of piperidine rings is 3. The first-order valence-corrected chi connectivity index (χ1v) is 18.5. The lowest BCUT2D eigenvalue weighted by Gasteiger charge is -2.41. The van der Waals surface area contributed by atoms with Crippen molar-refractivity contribution in [2.45, 2.75) is 70.4 Å². The van der Waals surface area contributed by atoms with E-state index in [1.807, 2.05) is 58.0 Å². The topological polar surface area (TPSA) is 151 Å². The van der Waals surface area contributed by atoms with E-state index in [1.54, 1.807) is 11.2 Å². The van der Waals surface area contributed by atoms with Crippen LogP contribution in [0.3, 0.4) is 0 Å². The van der Waals surface area contributed by atoms with Gasteiger partial charge >= 0.3 is 18.1 Å². The molecule has 51 heavy (non-hydrogen) atoms. The molecule has 3 N–H and O–H groups in total. The fourth-order valence-electron chi connectivity index (χ4n) is 8.67. The Labute approximate surface area is 298 Å². The second kappa shape index (κ2) is 15.3. The summed E-state index contributed by atoms with van der Waals surface area (Å²) in [6.07, 6.45) is 6.20. The molecule has 13 nitrogen and oxygen atoms in total. The first-order chi connectivity index (χ1) is 24.7. The molecular weight excluding hydrogens is 650 g/mol. The Kier molecular flexibility index (Phi) is 10.4. The highest BCUT2D eigenvalue weighted by molar-refractivity contribution is 5.91. The second-order valence-corrected chi connectivity index (χ2v) is 14.7. The highest BCUT2D eigenvalue weighted by Gasteiger charge is 2.37. The summed E-state index contributed by atoms with van der Waals surface area (Å²) in [6.45, 7) is 6.40. The molecule has 0 aliphatic carbocycles. The Morgan fingerprint density at radius 2 is 1.61 bits per heavy atom. The first-order valence-electron chi connectivity index (χ1n) is 18.5. The van der Waals surface area contributed by atoms with Crippen molar-refractivity contribution in [3.05, 3.63) is 59.4 Å². The third-order valence-electron chi connectivity index (χ3n) is 11.5. The number of aliphatic carboxylic acids is 1. The second-order valence-electron chi connectivity index (χ2n) is 14.7. The summed E-state index contributed by atoms with van der Waals surface area (Å²) in [6, 6.07) is 11.8. The van der Waals surface area contributed by atoms with Crippen molar-refractivity contribution in [3.8, 4) is 0 Å². The molecule has 5 heterocycles. The molecule has 4 aliphatic rings. The summed E-state index contributed by atoms with van der Waals surface area (Å²) in [5.74, 6) is 0.0677. The molecular formula is C38H49N7O6. The molecule has 13 heteroatoms. The van der Waals surface area contributed by atoms with Crippen molar-refractivity contribution < 1.29 is 29.0 Å². The number of fused-ring (bicyclic) bond motifs is 2. The number of carbonyl (C=O) groups is 4. The quantitative estimate of drug-likeness (QED) is 0.311. The zero-order chi connectivity index (χ0) is 35.5. The van der Waals surface area contributed by atoms with Crippen molar-refractivity contribution >= 4 is 40.7 Å². The smallest absolute Gasteiger partial charge is 0.410 e. The number of ether oxygens (including phenoxy) is 1. The van der Waals surface area contributed by atoms with Gasteiger partial charge in [-0.25, -0.2) is 14.6 Å². The van der Waals surface area contributed by atoms with Crippen LogP contribution < -0.4 is 5.32 Å². The van der Waals surface area contributed by atoms with Crippen LogP contribution in [0.4, 0.5) is 15.3 Å². The normalized spacial score (nSPS) is 20.5. The van der Waals surface area contributed by atoms with Gasteiger partial charge in [-0.15, -0.1) is 0 Å². The number of aryl methyl sites for hydroxylation is 1. The van der Waals surface area contributed by atoms with Crippen molar-refractivity contribution in [2.75, 3.05) is 57.7 Å². The van der Waals surface area contributed by atoms with Crippen molar-refractivity contribution in [1.29, 1.82) is 0 Å². The van der Waals surface area contributed by atoms with Crippen molar-refractivity contribution in [2.24, 2.45) is 11.8 Å². The Morgan fingerprint density at radius 3 is 2.33 bits per heavy atom. The summed E-state index contributed by atoms with van der Waals surface area (Å²) >= 11 is 0. The largest absolute Gasteiger partial charge is 0.480 e. The van der Waals surface area contributed by atoms with Gasteiger partial charge in [0.15, 0.2) is 6.10 Å². The van der Waals surface area contributed by atoms with Crippen LogP contribution in [0.2, 0.25) is 0 Å². The monoisotopic (exact) mass is 699 g/mol. The Balaban J connectivity index is 0.977. The number of H-pyrrole nitrogens is 1. The molecule has 2 aromatic carbocycles. The van der Waals surface area contributed by atoms with Gasteiger partial charge in [-0.1, -0.05) is 24.3 Å². The number of rotatable bonds is 8. The molecule has 4 aliphatic heterocycles. The van der Waals surface area contributed by atoms with E-state index in [-0.39, 0.29) is 30.9 Å². The van der Waals surface area contributed by atoms with Crippen LogP contribution in [0.25, 0.3) is 11.0 Å². The maximum atomic E-state index is 14.2. The number of likely N-dealkylation sites (tertiary alicyclic amines) is 3. The van der Waals surface area contributed by atoms with Gasteiger partial charge in [-0.3, -0.25) is 14.5 Å². The molecule has 0 bridgehead atoms. The number of nitrogens with zero attached hydrogens (tertiary/aromatic N) is 5. The minimum Gasteiger partial charge on any atom is -0.480 e. The van der Waals surface area contributed by atoms with E-state index < -0.39 is 18.2 Å². The van der Waals surface area contributed by atoms with E-state index >= 15 is 0 Å². The summed E-state index contributed by atoms with van der Waals surface area (Å²) < 4.78 is 6.11. The van der Waals surface area contributed by atoms with Crippen LogP contribution in [0, 0.1) is 18.8 Å². The fourth-order valence-corrected chi connectivity index (χ4v) is 8.67. The van der Waals surface area contributed by atoms with Crippen LogP contribution in [0.15, 0.2) is 42.7 Å². The number of anilines is 1. The number of carboxylic acids is 1. The Hall–Kier alpha value is -4.65. The van der Waals surface area contributed by atoms with Gasteiger partial charge in [-0.05, 0) is 106 Å². The molecule has 3 fully saturated rings. The van der Waals surface area contributed by atoms with Gasteiger partial charge in [0.25, 0.3) is 5.91 Å². The number of carbonyl (C=O) groups excluding carboxylic acids is 3. The minimum absolute atomic E-state index is 0.00930. The zero-order valence-electron chi connectivity index (χ0n) is 29.4. The molecule has 0 unspecified atom stereocenters. The Morgan fingerprint density at radius 1 is 0.922 bits per heavy atom. The molecule has 1 aromatic heterocycles. The van der Waals surface area contributed by atoms with Crippen molar-refractivity contribution in [1.82, 2.24) is 29.6 Å². The lowest BCUT2D eigenvalue weighted by molar-refractivity contribution is -0.142. The van der Waals surface area contributed by atoms with Crippen LogP contribution in [0.5, 0.6) is 0 Å². The number of urea groups is 1. The molecule has 0 saturated carbocycles. The van der Waals surface area contributed by atoms with Crippen LogP contribution in [0.1, 0.15) is 55.2 Å². The first kappa shape index (κ1) is 34.8. The number of imidazole rings is 1. The summed E-state index contributed by atoms with van der Waals surface area (Å²) in [4.78, 5) is 67.1. The van der Waals surface area contributed by atoms with E-state index in [1.165, 1.54) is 0 Å². The Bertz CT molecular complexity index is 1740. The highest BCUT2D eigenvalue weighted by Crippen LogP contribution is 2.33. The van der Waals surface area contributed by atoms with Crippen LogP contribution in [-0.4, -0.2) is 123 Å². The number of nitrogens with one attached hydrogen (secondary N) is 2. The molecule has 3 saturated heterocycles. The number of hydrogen-bond donors (Lipinski definition) is 3. The molecule has 0 radical (unpaired) electrons. The number of benzene rings is 2. The average Bonchev–Trinajstić information content (AvgIpc) is 3.55. The lowest BCUT2D eigenvalue weighted by atomic mass is 9.78. The SMILES string of the molecule is Cc1cc(C[C@@H](OC(=O)N2CCC(N3CCc4ccccc4NC3=O)CC2)C(=O)N2CCC(C3CCN(CC(=O)O)CC3)CC2)cc2nc[nH]c12. The maximum absolute atomic E-state index is 14.2. The van der Waals surface area contributed by atoms with Gasteiger partial charge in [0.2, 0.25) is 0 Å². The molecule has 272 valence electrons. The van der Waals surface area contributed by atoms with Gasteiger partial charge in [0, 0.05) is 50.9 Å². The number of aromatic amines is 1. The van der Waals surface area contributed by atoms with E-state index in [9.17, 15) is 19.2 Å². The van der Waals surface area contributed by atoms with Crippen molar-refractivity contribution in [3.63, 3.8) is 0 Å². The summed E-state index contributed by atoms with van der Waals surface area (Å²) in [5.41, 5.74) is 5.61. The number of carboxylic acid groups (broad SMARTS) is 1. The maximum Gasteiger partial charge on any atom is 0.410 e. The van der Waals surface area contributed by atoms with E-state index in [0.717, 1.165) is 78.6 Å². The van der Waals surface area contributed by atoms with Gasteiger partial charge in [-0.2, -0.15) is 0 Å². The molecule has 7 rings (SSSR count). The van der Waals surface area contributed by atoms with E-state index in [4.69, 9.17) is 9.84 Å². The average molecular weight is 700 g/mol. The van der Waals surface area contributed by atoms with E-state index in [0.29, 0.717) is 57.4 Å². The fraction of sp³-hybridized carbons (Fsp3) is 0.553. The summed E-state index contributed by atoms with van der Waals surface area (Å²) in [7, 11) is 0. The standard InChI is InChI=1S/C38H49N7O6/c1-25-20-26(21-32-35(25)40-24-39-32)22-33(36(48)43-15-8-28(9-16-43)27-6-13-42(14-7-27)23-34(46)47)51-38(50)44-17-11-30(12-18-44)45-19-10-29-4-2-3-5-31(29)41-37(45)49/h2-5,20-21,24,27-28,30,33H,6-19,22-23H2,1H3,(H,39,40)(H,41,49)(H,46,47)/t33-/m1/s1. The van der Waals surface area contributed by atoms with Crippen LogP contribution >= 0.6 is 0 Å². The highest BCUT2D eigenvalue weighted by atomic mass is 16.6. The number of para-hydroxylation sites is 1. The molecule has 3 aromatic rings. The number of amides is 4. The third kappa shape index (κ3) is 7.98. The molecule has 4 amide bonds. The van der Waals surface area contributed by atoms with E-state index in [2.05, 4.69) is 15.3 Å². The molecule has 1 atom stereocenters. The third-order valence-corrected chi connectivity index (χ3v) is 11.5. The minimum atomic E-state index is -0.975. The number of aromatic nitrogens is 2. The predicted molar refractivity (Wildman–Crippen MR) is 191 cm³/mol. The van der Waals surface area contributed by atoms with Gasteiger partial charge in [0.1, 0.15) is 0 Å². The number of hydrogen-bond acceptors (Lipinski definition) is 7.